The number of likely N-dealkylation sites (tertiary alicyclic amines) is 1. The fourth-order valence-corrected chi connectivity index (χ4v) is 3.91. The number of aromatic nitrogens is 4. The average Bonchev–Trinajstić information content (AvgIpc) is 3.36. The van der Waals surface area contributed by atoms with Crippen molar-refractivity contribution in [3.05, 3.63) is 72.7 Å². The van der Waals surface area contributed by atoms with E-state index in [2.05, 4.69) is 28.7 Å². The molecule has 29 heavy (non-hydrogen) atoms. The van der Waals surface area contributed by atoms with Gasteiger partial charge in [0.2, 0.25) is 0 Å². The molecule has 7 heteroatoms. The summed E-state index contributed by atoms with van der Waals surface area (Å²) in [4.78, 5) is 14.4. The van der Waals surface area contributed by atoms with Gasteiger partial charge in [-0.05, 0) is 24.9 Å². The number of primary amides is 1. The standard InChI is InChI=1S/C22H26N6O/c1-2-10-26-11-6-9-19(15-26)28-16-20(22(23)29)21(25-28)18-12-24-27(14-18)13-17-7-4-3-5-8-17/h2-5,7-8,12,14,16,19H,1,6,9-11,13,15H2,(H2,23,29)/t19-/m1/s1. The lowest BCUT2D eigenvalue weighted by atomic mass is 10.1. The van der Waals surface area contributed by atoms with E-state index in [1.807, 2.05) is 39.8 Å². The summed E-state index contributed by atoms with van der Waals surface area (Å²) in [7, 11) is 0. The fraction of sp³-hybridized carbons (Fsp3) is 0.318. The molecule has 0 unspecified atom stereocenters. The molecule has 1 aliphatic heterocycles. The molecule has 2 N–H and O–H groups in total. The first kappa shape index (κ1) is 19.1. The van der Waals surface area contributed by atoms with Gasteiger partial charge in [0.25, 0.3) is 5.91 Å². The lowest BCUT2D eigenvalue weighted by Gasteiger charge is -2.31. The quantitative estimate of drug-likeness (QED) is 0.629. The molecule has 2 aromatic heterocycles. The van der Waals surface area contributed by atoms with Crippen molar-refractivity contribution < 1.29 is 4.79 Å². The Morgan fingerprint density at radius 2 is 2.10 bits per heavy atom. The van der Waals surface area contributed by atoms with E-state index in [1.165, 1.54) is 0 Å². The largest absolute Gasteiger partial charge is 0.365 e. The molecule has 0 bridgehead atoms. The predicted molar refractivity (Wildman–Crippen MR) is 112 cm³/mol. The summed E-state index contributed by atoms with van der Waals surface area (Å²) in [5.41, 5.74) is 8.65. The highest BCUT2D eigenvalue weighted by Gasteiger charge is 2.24. The highest BCUT2D eigenvalue weighted by atomic mass is 16.1. The number of nitrogens with two attached hydrogens (primary N) is 1. The third kappa shape index (κ3) is 4.30. The van der Waals surface area contributed by atoms with E-state index in [1.54, 1.807) is 12.4 Å². The van der Waals surface area contributed by atoms with Gasteiger partial charge in [0.1, 0.15) is 5.69 Å². The number of amides is 1. The van der Waals surface area contributed by atoms with Crippen molar-refractivity contribution in [2.24, 2.45) is 5.73 Å². The van der Waals surface area contributed by atoms with Gasteiger partial charge in [-0.15, -0.1) is 6.58 Å². The zero-order chi connectivity index (χ0) is 20.2. The first-order valence-electron chi connectivity index (χ1n) is 9.93. The SMILES string of the molecule is C=CCN1CCC[C@@H](n2cc(C(N)=O)c(-c3cnn(Cc4ccccc4)c3)n2)C1. The van der Waals surface area contributed by atoms with Crippen molar-refractivity contribution in [2.45, 2.75) is 25.4 Å². The summed E-state index contributed by atoms with van der Waals surface area (Å²) in [5.74, 6) is -0.471. The topological polar surface area (TPSA) is 82.0 Å². The van der Waals surface area contributed by atoms with Crippen molar-refractivity contribution in [1.82, 2.24) is 24.5 Å². The van der Waals surface area contributed by atoms with Crippen LogP contribution in [0.25, 0.3) is 11.3 Å². The molecule has 150 valence electrons. The third-order valence-corrected chi connectivity index (χ3v) is 5.33. The Morgan fingerprint density at radius 3 is 2.86 bits per heavy atom. The maximum atomic E-state index is 12.1. The van der Waals surface area contributed by atoms with Crippen molar-refractivity contribution >= 4 is 5.91 Å². The van der Waals surface area contributed by atoms with Crippen molar-refractivity contribution in [3.63, 3.8) is 0 Å². The molecule has 1 saturated heterocycles. The van der Waals surface area contributed by atoms with E-state index in [0.717, 1.165) is 43.6 Å². The fourth-order valence-electron chi connectivity index (χ4n) is 3.91. The van der Waals surface area contributed by atoms with Crippen LogP contribution in [0.15, 0.2) is 61.6 Å². The lowest BCUT2D eigenvalue weighted by molar-refractivity contribution is 0.100. The molecule has 3 aromatic rings. The smallest absolute Gasteiger partial charge is 0.252 e. The molecule has 0 aliphatic carbocycles. The average molecular weight is 390 g/mol. The van der Waals surface area contributed by atoms with E-state index in [0.29, 0.717) is 17.8 Å². The van der Waals surface area contributed by atoms with E-state index >= 15 is 0 Å². The zero-order valence-corrected chi connectivity index (χ0v) is 16.4. The zero-order valence-electron chi connectivity index (χ0n) is 16.4. The van der Waals surface area contributed by atoms with Crippen LogP contribution in [0.2, 0.25) is 0 Å². The maximum absolute atomic E-state index is 12.1. The van der Waals surface area contributed by atoms with Gasteiger partial charge < -0.3 is 5.73 Å². The number of piperidine rings is 1. The minimum Gasteiger partial charge on any atom is -0.365 e. The van der Waals surface area contributed by atoms with Crippen LogP contribution in [0.5, 0.6) is 0 Å². The molecule has 7 nitrogen and oxygen atoms in total. The number of carbonyl (C=O) groups is 1. The minimum absolute atomic E-state index is 0.218. The minimum atomic E-state index is -0.471. The molecular formula is C22H26N6O. The summed E-state index contributed by atoms with van der Waals surface area (Å²) >= 11 is 0. The molecular weight excluding hydrogens is 364 g/mol. The highest BCUT2D eigenvalue weighted by Crippen LogP contribution is 2.27. The van der Waals surface area contributed by atoms with E-state index in [4.69, 9.17) is 10.8 Å². The molecule has 1 fully saturated rings. The van der Waals surface area contributed by atoms with Crippen molar-refractivity contribution in [1.29, 1.82) is 0 Å². The van der Waals surface area contributed by atoms with Gasteiger partial charge in [-0.25, -0.2) is 0 Å². The second kappa shape index (κ2) is 8.45. The van der Waals surface area contributed by atoms with E-state index in [9.17, 15) is 4.79 Å². The number of hydrogen-bond donors (Lipinski definition) is 1. The van der Waals surface area contributed by atoms with Gasteiger partial charge >= 0.3 is 0 Å². The monoisotopic (exact) mass is 390 g/mol. The van der Waals surface area contributed by atoms with Crippen LogP contribution in [0.1, 0.15) is 34.8 Å². The summed E-state index contributed by atoms with van der Waals surface area (Å²) in [6.07, 6.45) is 9.49. The van der Waals surface area contributed by atoms with Crippen LogP contribution in [0.4, 0.5) is 0 Å². The van der Waals surface area contributed by atoms with Crippen LogP contribution in [-0.4, -0.2) is 50.0 Å². The van der Waals surface area contributed by atoms with Crippen LogP contribution < -0.4 is 5.73 Å². The van der Waals surface area contributed by atoms with Gasteiger partial charge in [-0.1, -0.05) is 36.4 Å². The van der Waals surface area contributed by atoms with Gasteiger partial charge in [0, 0.05) is 31.0 Å². The molecule has 1 amide bonds. The Balaban J connectivity index is 1.59. The predicted octanol–water partition coefficient (Wildman–Crippen LogP) is 2.72. The highest BCUT2D eigenvalue weighted by molar-refractivity contribution is 5.98. The Labute approximate surface area is 170 Å². The van der Waals surface area contributed by atoms with Gasteiger partial charge in [-0.2, -0.15) is 10.2 Å². The maximum Gasteiger partial charge on any atom is 0.252 e. The summed E-state index contributed by atoms with van der Waals surface area (Å²) in [6.45, 7) is 7.30. The molecule has 1 atom stereocenters. The molecule has 4 rings (SSSR count). The van der Waals surface area contributed by atoms with Gasteiger partial charge in [-0.3, -0.25) is 19.1 Å². The second-order valence-corrected chi connectivity index (χ2v) is 7.49. The molecule has 1 aliphatic rings. The Morgan fingerprint density at radius 1 is 1.28 bits per heavy atom. The van der Waals surface area contributed by atoms with Gasteiger partial charge in [0.15, 0.2) is 0 Å². The summed E-state index contributed by atoms with van der Waals surface area (Å²) in [5, 5.41) is 9.19. The Hall–Kier alpha value is -3.19. The second-order valence-electron chi connectivity index (χ2n) is 7.49. The molecule has 1 aromatic carbocycles. The number of nitrogens with zero attached hydrogens (tertiary/aromatic N) is 5. The molecule has 3 heterocycles. The molecule has 0 radical (unpaired) electrons. The first-order valence-corrected chi connectivity index (χ1v) is 9.93. The van der Waals surface area contributed by atoms with Crippen LogP contribution in [0, 0.1) is 0 Å². The first-order chi connectivity index (χ1) is 14.1. The Kier molecular flexibility index (Phi) is 5.57. The van der Waals surface area contributed by atoms with Crippen LogP contribution in [0.3, 0.4) is 0 Å². The number of benzene rings is 1. The Bertz CT molecular complexity index is 990. The number of hydrogen-bond acceptors (Lipinski definition) is 4. The van der Waals surface area contributed by atoms with E-state index in [-0.39, 0.29) is 6.04 Å². The van der Waals surface area contributed by atoms with Crippen molar-refractivity contribution in [3.8, 4) is 11.3 Å². The number of rotatable bonds is 7. The summed E-state index contributed by atoms with van der Waals surface area (Å²) < 4.78 is 3.75. The normalized spacial score (nSPS) is 17.3. The lowest BCUT2D eigenvalue weighted by Crippen LogP contribution is -2.36. The van der Waals surface area contributed by atoms with Crippen LogP contribution >= 0.6 is 0 Å². The molecule has 0 spiro atoms. The van der Waals surface area contributed by atoms with Crippen molar-refractivity contribution in [2.75, 3.05) is 19.6 Å². The summed E-state index contributed by atoms with van der Waals surface area (Å²) in [6, 6.07) is 10.3. The molecule has 0 saturated carbocycles. The third-order valence-electron chi connectivity index (χ3n) is 5.33. The van der Waals surface area contributed by atoms with E-state index < -0.39 is 5.91 Å². The van der Waals surface area contributed by atoms with Gasteiger partial charge in [0.05, 0.1) is 24.3 Å². The van der Waals surface area contributed by atoms with Crippen LogP contribution in [-0.2, 0) is 6.54 Å². The number of carbonyl (C=O) groups excluding carboxylic acids is 1.